The molecule has 0 heterocycles. The Labute approximate surface area is 356 Å². The van der Waals surface area contributed by atoms with E-state index >= 15 is 0 Å². The molecule has 9 amide bonds. The van der Waals surface area contributed by atoms with Gasteiger partial charge in [-0.2, -0.15) is 0 Å². The summed E-state index contributed by atoms with van der Waals surface area (Å²) in [4.78, 5) is 126. The number of hydrogen-bond acceptors (Lipinski definition) is 13. The van der Waals surface area contributed by atoms with E-state index in [2.05, 4.69) is 42.5 Å². The molecule has 0 aliphatic heterocycles. The number of carbonyl (C=O) groups is 10. The number of carboxylic acids is 1. The highest BCUT2D eigenvalue weighted by Crippen LogP contribution is 2.10. The molecule has 61 heavy (non-hydrogen) atoms. The maximum absolute atomic E-state index is 13.6. The number of aliphatic hydroxyl groups is 1. The summed E-state index contributed by atoms with van der Waals surface area (Å²) in [6, 6.07) is -9.00. The third kappa shape index (κ3) is 22.7. The first-order valence-electron chi connectivity index (χ1n) is 20.3. The molecular formula is C38H69N11O12. The van der Waals surface area contributed by atoms with E-state index in [4.69, 9.17) is 17.2 Å². The zero-order valence-corrected chi connectivity index (χ0v) is 36.4. The molecule has 0 rings (SSSR count). The van der Waals surface area contributed by atoms with Crippen LogP contribution in [0.15, 0.2) is 0 Å². The van der Waals surface area contributed by atoms with Gasteiger partial charge in [-0.1, -0.05) is 41.5 Å². The van der Waals surface area contributed by atoms with Crippen LogP contribution in [0.2, 0.25) is 0 Å². The lowest BCUT2D eigenvalue weighted by atomic mass is 10.0. The minimum atomic E-state index is -1.63. The molecule has 0 unspecified atom stereocenters. The van der Waals surface area contributed by atoms with Gasteiger partial charge >= 0.3 is 5.97 Å². The zero-order valence-electron chi connectivity index (χ0n) is 36.4. The Morgan fingerprint density at radius 2 is 1.03 bits per heavy atom. The Kier molecular flexibility index (Phi) is 25.7. The SMILES string of the molecule is CC(C)C[C@H](NC(=O)[C@@H](NC(=O)[C@H](C)NC(=O)CNC(=O)[C@H](CC(C)C)NC(=O)[C@@H](N)CC(N)=O)[C@@H](C)O)C(=O)N[C@@H](CCCCN)C(=O)NCC(=O)N[C@H](C(=O)O)C(C)C. The molecule has 348 valence electrons. The lowest BCUT2D eigenvalue weighted by Gasteiger charge is -2.28. The number of carbonyl (C=O) groups excluding carboxylic acids is 9. The Morgan fingerprint density at radius 3 is 1.49 bits per heavy atom. The number of hydrogen-bond donors (Lipinski definition) is 13. The number of nitrogens with two attached hydrogens (primary N) is 3. The van der Waals surface area contributed by atoms with E-state index in [-0.39, 0.29) is 31.1 Å². The van der Waals surface area contributed by atoms with Crippen LogP contribution >= 0.6 is 0 Å². The molecule has 0 aliphatic rings. The number of carboxylic acid groups (broad SMARTS) is 1. The second-order valence-electron chi connectivity index (χ2n) is 16.1. The van der Waals surface area contributed by atoms with E-state index in [0.717, 1.165) is 0 Å². The number of aliphatic carboxylic acids is 1. The molecule has 0 aromatic rings. The summed E-state index contributed by atoms with van der Waals surface area (Å²) < 4.78 is 0. The van der Waals surface area contributed by atoms with Gasteiger partial charge in [-0.3, -0.25) is 43.2 Å². The van der Waals surface area contributed by atoms with Gasteiger partial charge in [-0.25, -0.2) is 4.79 Å². The van der Waals surface area contributed by atoms with Crippen molar-refractivity contribution in [1.29, 1.82) is 0 Å². The topological polar surface area (TPSA) is 385 Å². The average Bonchev–Trinajstić information content (AvgIpc) is 3.14. The Balaban J connectivity index is 5.72. The Bertz CT molecular complexity index is 1530. The summed E-state index contributed by atoms with van der Waals surface area (Å²) in [6.45, 7) is 11.9. The number of amides is 9. The third-order valence-corrected chi connectivity index (χ3v) is 8.95. The molecule has 0 spiro atoms. The van der Waals surface area contributed by atoms with Crippen molar-refractivity contribution in [2.45, 2.75) is 142 Å². The van der Waals surface area contributed by atoms with Crippen molar-refractivity contribution in [3.8, 4) is 0 Å². The van der Waals surface area contributed by atoms with Crippen LogP contribution in [0.3, 0.4) is 0 Å². The van der Waals surface area contributed by atoms with Gasteiger partial charge in [0, 0.05) is 0 Å². The zero-order chi connectivity index (χ0) is 47.1. The maximum Gasteiger partial charge on any atom is 0.326 e. The van der Waals surface area contributed by atoms with Crippen LogP contribution in [0, 0.1) is 17.8 Å². The van der Waals surface area contributed by atoms with Gasteiger partial charge in [-0.05, 0) is 70.3 Å². The van der Waals surface area contributed by atoms with Crippen molar-refractivity contribution < 1.29 is 58.2 Å². The van der Waals surface area contributed by atoms with E-state index in [1.807, 2.05) is 0 Å². The molecule has 0 saturated carbocycles. The van der Waals surface area contributed by atoms with E-state index in [0.29, 0.717) is 19.4 Å². The van der Waals surface area contributed by atoms with Gasteiger partial charge in [0.15, 0.2) is 0 Å². The van der Waals surface area contributed by atoms with E-state index < -0.39 is 133 Å². The van der Waals surface area contributed by atoms with Crippen LogP contribution in [0.25, 0.3) is 0 Å². The predicted molar refractivity (Wildman–Crippen MR) is 221 cm³/mol. The highest BCUT2D eigenvalue weighted by Gasteiger charge is 2.34. The molecule has 23 nitrogen and oxygen atoms in total. The standard InChI is InChI=1S/C38H69N11O12/c1-18(2)13-25(46-33(55)23(40)15-27(41)51)35(57)43-16-28(52)44-21(7)32(54)49-31(22(8)50)37(59)47-26(14-19(3)4)36(58)45-24(11-9-10-12-39)34(56)42-17-29(53)48-30(20(5)6)38(60)61/h18-26,30-31,50H,9-17,39-40H2,1-8H3,(H2,41,51)(H,42,56)(H,43,57)(H,44,52)(H,45,58)(H,46,55)(H,47,59)(H,48,53)(H,49,54)(H,60,61)/t21-,22+,23-,24-,25-,26-,30-,31-/m0/s1. The lowest BCUT2D eigenvalue weighted by Crippen LogP contribution is -2.61. The Morgan fingerprint density at radius 1 is 0.557 bits per heavy atom. The minimum Gasteiger partial charge on any atom is -0.480 e. The van der Waals surface area contributed by atoms with Crippen molar-refractivity contribution in [3.63, 3.8) is 0 Å². The molecule has 23 heteroatoms. The number of rotatable bonds is 29. The molecule has 0 aromatic heterocycles. The summed E-state index contributed by atoms with van der Waals surface area (Å²) in [5.74, 6) is -9.31. The molecule has 0 saturated heterocycles. The van der Waals surface area contributed by atoms with Gasteiger partial charge in [0.1, 0.15) is 36.3 Å². The smallest absolute Gasteiger partial charge is 0.326 e. The van der Waals surface area contributed by atoms with E-state index in [1.54, 1.807) is 41.5 Å². The predicted octanol–water partition coefficient (Wildman–Crippen LogP) is -4.31. The van der Waals surface area contributed by atoms with Gasteiger partial charge in [0.2, 0.25) is 53.2 Å². The van der Waals surface area contributed by atoms with Crippen LogP contribution in [0.5, 0.6) is 0 Å². The van der Waals surface area contributed by atoms with Gasteiger partial charge in [0.25, 0.3) is 0 Å². The maximum atomic E-state index is 13.6. The summed E-state index contributed by atoms with van der Waals surface area (Å²) in [5, 5.41) is 39.2. The monoisotopic (exact) mass is 872 g/mol. The van der Waals surface area contributed by atoms with Crippen LogP contribution in [0.1, 0.15) is 93.9 Å². The fraction of sp³-hybridized carbons (Fsp3) is 0.737. The average molecular weight is 872 g/mol. The first-order chi connectivity index (χ1) is 28.3. The minimum absolute atomic E-state index is 0.0590. The van der Waals surface area contributed by atoms with Gasteiger partial charge < -0.3 is 69.9 Å². The molecule has 0 aromatic carbocycles. The molecule has 8 atom stereocenters. The van der Waals surface area contributed by atoms with Crippen LogP contribution in [0.4, 0.5) is 0 Å². The molecule has 0 radical (unpaired) electrons. The van der Waals surface area contributed by atoms with E-state index in [1.165, 1.54) is 13.8 Å². The number of aliphatic hydroxyl groups excluding tert-OH is 1. The highest BCUT2D eigenvalue weighted by atomic mass is 16.4. The summed E-state index contributed by atoms with van der Waals surface area (Å²) in [6.07, 6.45) is -0.733. The largest absolute Gasteiger partial charge is 0.480 e. The van der Waals surface area contributed by atoms with Crippen molar-refractivity contribution in [2.24, 2.45) is 35.0 Å². The number of primary amides is 1. The number of unbranched alkanes of at least 4 members (excludes halogenated alkanes) is 1. The van der Waals surface area contributed by atoms with Crippen LogP contribution in [-0.4, -0.2) is 137 Å². The molecule has 0 bridgehead atoms. The van der Waals surface area contributed by atoms with Crippen molar-refractivity contribution in [3.05, 3.63) is 0 Å². The van der Waals surface area contributed by atoms with Crippen molar-refractivity contribution in [2.75, 3.05) is 19.6 Å². The molecular weight excluding hydrogens is 802 g/mol. The van der Waals surface area contributed by atoms with Gasteiger partial charge in [-0.15, -0.1) is 0 Å². The molecule has 0 aliphatic carbocycles. The Hall–Kier alpha value is -5.42. The second kappa shape index (κ2) is 28.2. The fourth-order valence-electron chi connectivity index (χ4n) is 5.65. The van der Waals surface area contributed by atoms with Crippen molar-refractivity contribution >= 4 is 59.1 Å². The highest BCUT2D eigenvalue weighted by molar-refractivity contribution is 5.97. The van der Waals surface area contributed by atoms with Crippen molar-refractivity contribution in [1.82, 2.24) is 42.5 Å². The van der Waals surface area contributed by atoms with Crippen LogP contribution in [-0.2, 0) is 47.9 Å². The summed E-state index contributed by atoms with van der Waals surface area (Å²) in [5.41, 5.74) is 16.4. The third-order valence-electron chi connectivity index (χ3n) is 8.95. The number of nitrogens with one attached hydrogen (secondary N) is 8. The normalized spacial score (nSPS) is 15.1. The quantitative estimate of drug-likeness (QED) is 0.0317. The lowest BCUT2D eigenvalue weighted by molar-refractivity contribution is -0.143. The molecule has 16 N–H and O–H groups in total. The van der Waals surface area contributed by atoms with Gasteiger partial charge in [0.05, 0.1) is 31.7 Å². The van der Waals surface area contributed by atoms with Crippen LogP contribution < -0.4 is 59.7 Å². The summed E-state index contributed by atoms with van der Waals surface area (Å²) in [7, 11) is 0. The first-order valence-corrected chi connectivity index (χ1v) is 20.3. The summed E-state index contributed by atoms with van der Waals surface area (Å²) >= 11 is 0. The fourth-order valence-corrected chi connectivity index (χ4v) is 5.65. The first kappa shape index (κ1) is 55.6. The van der Waals surface area contributed by atoms with E-state index in [9.17, 15) is 58.2 Å². The molecule has 0 fully saturated rings. The second-order valence-corrected chi connectivity index (χ2v) is 16.1.